The van der Waals surface area contributed by atoms with Crippen molar-refractivity contribution in [3.63, 3.8) is 0 Å². The molecule has 0 fully saturated rings. The molecule has 0 bridgehead atoms. The molecule has 1 aliphatic heterocycles. The van der Waals surface area contributed by atoms with Gasteiger partial charge in [0, 0.05) is 26.1 Å². The number of rotatable bonds is 8. The van der Waals surface area contributed by atoms with Crippen LogP contribution >= 0.6 is 0 Å². The molecule has 1 N–H and O–H groups in total. The standard InChI is InChI=1S/C25H32N2O2/c1-3-19(2)24(21-11-5-4-6-12-21)25(29)26-16-9-14-23(28)27-17-15-20-10-7-8-13-22(20)18-27/h4-8,10-13,19,24H,3,9,14-18H2,1-2H3,(H,26,29). The number of nitrogens with zero attached hydrogens (tertiary/aromatic N) is 1. The monoisotopic (exact) mass is 392 g/mol. The summed E-state index contributed by atoms with van der Waals surface area (Å²) < 4.78 is 0. The highest BCUT2D eigenvalue weighted by Crippen LogP contribution is 2.27. The van der Waals surface area contributed by atoms with Crippen LogP contribution in [0.15, 0.2) is 54.6 Å². The van der Waals surface area contributed by atoms with Crippen LogP contribution in [0.2, 0.25) is 0 Å². The van der Waals surface area contributed by atoms with Crippen LogP contribution in [-0.4, -0.2) is 29.8 Å². The summed E-state index contributed by atoms with van der Waals surface area (Å²) in [7, 11) is 0. The second-order valence-corrected chi connectivity index (χ2v) is 8.00. The predicted octanol–water partition coefficient (Wildman–Crippen LogP) is 4.30. The molecule has 0 saturated carbocycles. The van der Waals surface area contributed by atoms with Gasteiger partial charge in [-0.15, -0.1) is 0 Å². The highest BCUT2D eigenvalue weighted by atomic mass is 16.2. The molecule has 0 saturated heterocycles. The highest BCUT2D eigenvalue weighted by Gasteiger charge is 2.25. The van der Waals surface area contributed by atoms with Crippen LogP contribution in [0, 0.1) is 5.92 Å². The number of carbonyl (C=O) groups excluding carboxylic acids is 2. The molecular weight excluding hydrogens is 360 g/mol. The zero-order chi connectivity index (χ0) is 20.6. The van der Waals surface area contributed by atoms with Gasteiger partial charge < -0.3 is 10.2 Å². The Hall–Kier alpha value is -2.62. The molecule has 0 aromatic heterocycles. The summed E-state index contributed by atoms with van der Waals surface area (Å²) in [5.74, 6) is 0.364. The molecule has 2 unspecified atom stereocenters. The summed E-state index contributed by atoms with van der Waals surface area (Å²) in [5.41, 5.74) is 3.66. The van der Waals surface area contributed by atoms with Crippen molar-refractivity contribution in [2.24, 2.45) is 5.92 Å². The lowest BCUT2D eigenvalue weighted by atomic mass is 9.85. The molecule has 0 aliphatic carbocycles. The van der Waals surface area contributed by atoms with Gasteiger partial charge in [0.05, 0.1) is 5.92 Å². The summed E-state index contributed by atoms with van der Waals surface area (Å²) in [4.78, 5) is 27.3. The third-order valence-electron chi connectivity index (χ3n) is 6.00. The van der Waals surface area contributed by atoms with E-state index in [2.05, 4.69) is 37.4 Å². The molecule has 1 heterocycles. The lowest BCUT2D eigenvalue weighted by molar-refractivity contribution is -0.132. The molecule has 0 radical (unpaired) electrons. The maximum absolute atomic E-state index is 12.8. The minimum atomic E-state index is -0.143. The molecule has 2 amide bonds. The van der Waals surface area contributed by atoms with Gasteiger partial charge in [0.25, 0.3) is 0 Å². The van der Waals surface area contributed by atoms with Gasteiger partial charge in [0.15, 0.2) is 0 Å². The Kier molecular flexibility index (Phi) is 7.45. The van der Waals surface area contributed by atoms with Gasteiger partial charge in [-0.05, 0) is 35.4 Å². The number of carbonyl (C=O) groups is 2. The van der Waals surface area contributed by atoms with Gasteiger partial charge in [-0.2, -0.15) is 0 Å². The third-order valence-corrected chi connectivity index (χ3v) is 6.00. The average molecular weight is 393 g/mol. The van der Waals surface area contributed by atoms with Gasteiger partial charge >= 0.3 is 0 Å². The summed E-state index contributed by atoms with van der Waals surface area (Å²) in [6, 6.07) is 18.3. The fraction of sp³-hybridized carbons (Fsp3) is 0.440. The molecule has 4 nitrogen and oxygen atoms in total. The quantitative estimate of drug-likeness (QED) is 0.681. The van der Waals surface area contributed by atoms with E-state index in [1.54, 1.807) is 0 Å². The van der Waals surface area contributed by atoms with E-state index in [1.807, 2.05) is 41.3 Å². The van der Waals surface area contributed by atoms with E-state index >= 15 is 0 Å². The van der Waals surface area contributed by atoms with E-state index < -0.39 is 0 Å². The molecule has 1 aliphatic rings. The van der Waals surface area contributed by atoms with Crippen LogP contribution in [0.4, 0.5) is 0 Å². The van der Waals surface area contributed by atoms with E-state index in [9.17, 15) is 9.59 Å². The van der Waals surface area contributed by atoms with E-state index in [1.165, 1.54) is 11.1 Å². The van der Waals surface area contributed by atoms with Crippen LogP contribution in [0.25, 0.3) is 0 Å². The topological polar surface area (TPSA) is 49.4 Å². The smallest absolute Gasteiger partial charge is 0.227 e. The van der Waals surface area contributed by atoms with Crippen LogP contribution in [0.3, 0.4) is 0 Å². The first-order valence-corrected chi connectivity index (χ1v) is 10.8. The zero-order valence-electron chi connectivity index (χ0n) is 17.6. The van der Waals surface area contributed by atoms with Gasteiger partial charge in [0.2, 0.25) is 11.8 Å². The number of fused-ring (bicyclic) bond motifs is 1. The lowest BCUT2D eigenvalue weighted by Crippen LogP contribution is -2.37. The summed E-state index contributed by atoms with van der Waals surface area (Å²) in [6.45, 7) is 6.25. The number of hydrogen-bond acceptors (Lipinski definition) is 2. The predicted molar refractivity (Wildman–Crippen MR) is 116 cm³/mol. The molecule has 2 aromatic carbocycles. The number of amides is 2. The van der Waals surface area contributed by atoms with Crippen LogP contribution in [0.5, 0.6) is 0 Å². The number of nitrogens with one attached hydrogen (secondary N) is 1. The van der Waals surface area contributed by atoms with Gasteiger partial charge in [0.1, 0.15) is 0 Å². The van der Waals surface area contributed by atoms with Crippen molar-refractivity contribution in [2.45, 2.75) is 52.0 Å². The average Bonchev–Trinajstić information content (AvgIpc) is 2.77. The zero-order valence-corrected chi connectivity index (χ0v) is 17.6. The molecule has 29 heavy (non-hydrogen) atoms. The van der Waals surface area contributed by atoms with Crippen LogP contribution < -0.4 is 5.32 Å². The Morgan fingerprint density at radius 2 is 1.72 bits per heavy atom. The van der Waals surface area contributed by atoms with E-state index in [0.717, 1.165) is 24.9 Å². The maximum Gasteiger partial charge on any atom is 0.227 e. The summed E-state index contributed by atoms with van der Waals surface area (Å²) in [6.07, 6.45) is 3.01. The number of benzene rings is 2. The third kappa shape index (κ3) is 5.47. The second-order valence-electron chi connectivity index (χ2n) is 8.00. The minimum Gasteiger partial charge on any atom is -0.356 e. The second kappa shape index (κ2) is 10.2. The maximum atomic E-state index is 12.8. The Balaban J connectivity index is 1.47. The largest absolute Gasteiger partial charge is 0.356 e. The molecule has 154 valence electrons. The summed E-state index contributed by atoms with van der Waals surface area (Å²) in [5, 5.41) is 3.06. The SMILES string of the molecule is CCC(C)C(C(=O)NCCCC(=O)N1CCc2ccccc2C1)c1ccccc1. The Morgan fingerprint density at radius 3 is 2.45 bits per heavy atom. The van der Waals surface area contributed by atoms with E-state index in [0.29, 0.717) is 25.9 Å². The van der Waals surface area contributed by atoms with Crippen molar-refractivity contribution in [3.05, 3.63) is 71.3 Å². The summed E-state index contributed by atoms with van der Waals surface area (Å²) >= 11 is 0. The fourth-order valence-corrected chi connectivity index (χ4v) is 4.06. The molecular formula is C25H32N2O2. The fourth-order valence-electron chi connectivity index (χ4n) is 4.06. The van der Waals surface area contributed by atoms with Crippen molar-refractivity contribution in [1.82, 2.24) is 10.2 Å². The van der Waals surface area contributed by atoms with Crippen molar-refractivity contribution in [2.75, 3.05) is 13.1 Å². The Bertz CT molecular complexity index is 819. The minimum absolute atomic E-state index is 0.0601. The van der Waals surface area contributed by atoms with Crippen molar-refractivity contribution in [3.8, 4) is 0 Å². The lowest BCUT2D eigenvalue weighted by Gasteiger charge is -2.29. The molecule has 2 atom stereocenters. The first-order valence-electron chi connectivity index (χ1n) is 10.8. The van der Waals surface area contributed by atoms with Crippen LogP contribution in [-0.2, 0) is 22.6 Å². The first-order chi connectivity index (χ1) is 14.1. The number of hydrogen-bond donors (Lipinski definition) is 1. The molecule has 4 heteroatoms. The van der Waals surface area contributed by atoms with E-state index in [4.69, 9.17) is 0 Å². The Labute approximate surface area is 174 Å². The van der Waals surface area contributed by atoms with Gasteiger partial charge in [-0.1, -0.05) is 74.9 Å². The van der Waals surface area contributed by atoms with Crippen LogP contribution in [0.1, 0.15) is 55.7 Å². The normalized spacial score (nSPS) is 15.3. The molecule has 2 aromatic rings. The van der Waals surface area contributed by atoms with Gasteiger partial charge in [-0.25, -0.2) is 0 Å². The van der Waals surface area contributed by atoms with Crippen molar-refractivity contribution in [1.29, 1.82) is 0 Å². The van der Waals surface area contributed by atoms with Crippen molar-refractivity contribution >= 4 is 11.8 Å². The van der Waals surface area contributed by atoms with E-state index in [-0.39, 0.29) is 23.7 Å². The molecule has 3 rings (SSSR count). The first kappa shape index (κ1) is 21.1. The Morgan fingerprint density at radius 1 is 1.03 bits per heavy atom. The molecule has 0 spiro atoms. The van der Waals surface area contributed by atoms with Crippen molar-refractivity contribution < 1.29 is 9.59 Å². The highest BCUT2D eigenvalue weighted by molar-refractivity contribution is 5.84. The van der Waals surface area contributed by atoms with Gasteiger partial charge in [-0.3, -0.25) is 9.59 Å².